The Balaban J connectivity index is 1.05. The normalized spacial score (nSPS) is 11.2. The van der Waals surface area contributed by atoms with Gasteiger partial charge in [-0.2, -0.15) is 0 Å². The topological polar surface area (TPSA) is 54.8 Å². The van der Waals surface area contributed by atoms with Crippen LogP contribution in [0.5, 0.6) is 0 Å². The van der Waals surface area contributed by atoms with Gasteiger partial charge in [-0.3, -0.25) is 0 Å². The molecule has 59 heavy (non-hydrogen) atoms. The second kappa shape index (κ2) is 15.3. The van der Waals surface area contributed by atoms with Gasteiger partial charge in [-0.1, -0.05) is 127 Å². The zero-order chi connectivity index (χ0) is 39.7. The minimum atomic E-state index is 0.890. The minimum absolute atomic E-state index is 0.890. The van der Waals surface area contributed by atoms with Gasteiger partial charge in [-0.05, 0) is 120 Å². The summed E-state index contributed by atoms with van der Waals surface area (Å²) in [4.78, 5) is 22.1. The minimum Gasteiger partial charge on any atom is -0.310 e. The van der Waals surface area contributed by atoms with Crippen LogP contribution in [0.4, 0.5) is 17.1 Å². The van der Waals surface area contributed by atoms with Crippen LogP contribution < -0.4 is 4.90 Å². The molecule has 0 saturated carbocycles. The number of hydrogen-bond donors (Lipinski definition) is 0. The molecule has 0 amide bonds. The van der Waals surface area contributed by atoms with Crippen molar-refractivity contribution in [1.82, 2.24) is 19.9 Å². The van der Waals surface area contributed by atoms with E-state index in [4.69, 9.17) is 19.9 Å². The first-order chi connectivity index (χ1) is 29.0. The van der Waals surface area contributed by atoms with Crippen molar-refractivity contribution in [3.05, 3.63) is 212 Å². The quantitative estimate of drug-likeness (QED) is 0.154. The predicted molar refractivity (Wildman–Crippen MR) is 244 cm³/mol. The molecule has 5 nitrogen and oxygen atoms in total. The van der Waals surface area contributed by atoms with Crippen molar-refractivity contribution in [2.45, 2.75) is 13.8 Å². The molecule has 0 saturated heterocycles. The lowest BCUT2D eigenvalue weighted by atomic mass is 9.99. The van der Waals surface area contributed by atoms with Gasteiger partial charge in [0.05, 0.1) is 44.8 Å². The Morgan fingerprint density at radius 1 is 0.271 bits per heavy atom. The number of para-hydroxylation sites is 4. The van der Waals surface area contributed by atoms with E-state index in [2.05, 4.69) is 157 Å². The maximum absolute atomic E-state index is 5.03. The van der Waals surface area contributed by atoms with Crippen LogP contribution in [0.15, 0.2) is 200 Å². The fraction of sp³-hybridized carbons (Fsp3) is 0.0370. The Morgan fingerprint density at radius 3 is 1.10 bits per heavy atom. The number of aromatic nitrogens is 4. The summed E-state index contributed by atoms with van der Waals surface area (Å²) in [6.45, 7) is 4.07. The van der Waals surface area contributed by atoms with Gasteiger partial charge >= 0.3 is 0 Å². The van der Waals surface area contributed by atoms with E-state index in [1.54, 1.807) is 0 Å². The van der Waals surface area contributed by atoms with Gasteiger partial charge in [0.2, 0.25) is 0 Å². The van der Waals surface area contributed by atoms with Crippen LogP contribution in [-0.2, 0) is 0 Å². The molecule has 5 heteroatoms. The van der Waals surface area contributed by atoms with E-state index < -0.39 is 0 Å². The lowest BCUT2D eigenvalue weighted by Gasteiger charge is -2.27. The maximum Gasteiger partial charge on any atom is 0.0922 e. The lowest BCUT2D eigenvalue weighted by Crippen LogP contribution is -2.10. The van der Waals surface area contributed by atoms with E-state index in [1.165, 1.54) is 11.1 Å². The number of rotatable bonds is 8. The average Bonchev–Trinajstić information content (AvgIpc) is 3.29. The summed E-state index contributed by atoms with van der Waals surface area (Å²) in [7, 11) is 0. The molecule has 10 rings (SSSR count). The molecule has 0 aliphatic heterocycles. The zero-order valence-corrected chi connectivity index (χ0v) is 32.8. The van der Waals surface area contributed by atoms with Crippen molar-refractivity contribution in [2.24, 2.45) is 0 Å². The SMILES string of the molecule is Cc1nc2ccccc2nc1-c1cccc(-c2cccc(N(c3ccc(-c4ccccc4)cc3)c3cccc(-c4cccc(-c5nc6ccccc6nc5C)c4)c3)c2)c1. The molecule has 0 aliphatic carbocycles. The van der Waals surface area contributed by atoms with Crippen LogP contribution in [0.2, 0.25) is 0 Å². The Morgan fingerprint density at radius 2 is 0.627 bits per heavy atom. The van der Waals surface area contributed by atoms with Crippen LogP contribution >= 0.6 is 0 Å². The monoisotopic (exact) mass is 757 g/mol. The van der Waals surface area contributed by atoms with Crippen molar-refractivity contribution in [3.63, 3.8) is 0 Å². The Hall–Kier alpha value is -7.76. The summed E-state index contributed by atoms with van der Waals surface area (Å²) in [6.07, 6.45) is 0. The summed E-state index contributed by atoms with van der Waals surface area (Å²) in [5.74, 6) is 0. The summed E-state index contributed by atoms with van der Waals surface area (Å²) < 4.78 is 0. The van der Waals surface area contributed by atoms with E-state index in [0.717, 1.165) is 95.3 Å². The molecule has 280 valence electrons. The number of hydrogen-bond acceptors (Lipinski definition) is 5. The highest BCUT2D eigenvalue weighted by atomic mass is 15.1. The molecule has 0 N–H and O–H groups in total. The van der Waals surface area contributed by atoms with Crippen LogP contribution in [0.25, 0.3) is 78.0 Å². The van der Waals surface area contributed by atoms with Gasteiger partial charge in [0.15, 0.2) is 0 Å². The second-order valence-electron chi connectivity index (χ2n) is 14.8. The van der Waals surface area contributed by atoms with Gasteiger partial charge in [-0.25, -0.2) is 19.9 Å². The third-order valence-electron chi connectivity index (χ3n) is 10.9. The third kappa shape index (κ3) is 7.11. The third-order valence-corrected chi connectivity index (χ3v) is 10.9. The molecule has 0 radical (unpaired) electrons. The van der Waals surface area contributed by atoms with Crippen LogP contribution in [0, 0.1) is 13.8 Å². The fourth-order valence-corrected chi connectivity index (χ4v) is 7.95. The maximum atomic E-state index is 5.03. The molecule has 0 unspecified atom stereocenters. The first-order valence-electron chi connectivity index (χ1n) is 19.9. The molecular weight excluding hydrogens is 719 g/mol. The highest BCUT2D eigenvalue weighted by molar-refractivity contribution is 5.86. The summed E-state index contributed by atoms with van der Waals surface area (Å²) in [5.41, 5.74) is 19.2. The molecule has 0 bridgehead atoms. The standard InChI is InChI=1S/C54H39N5/c1-36-53(57-51-26-8-6-24-49(51)55-36)44-20-10-16-40(32-44)42-18-12-22-47(34-42)59(46-30-28-39(29-31-46)38-14-4-3-5-15-38)48-23-13-19-43(35-48)41-17-11-21-45(33-41)54-37(2)56-50-25-7-9-27-52(50)58-54/h3-35H,1-2H3. The summed E-state index contributed by atoms with van der Waals surface area (Å²) in [6, 6.07) is 70.2. The van der Waals surface area contributed by atoms with E-state index in [9.17, 15) is 0 Å². The summed E-state index contributed by atoms with van der Waals surface area (Å²) in [5, 5.41) is 0. The van der Waals surface area contributed by atoms with Crippen molar-refractivity contribution in [3.8, 4) is 55.9 Å². The molecule has 0 spiro atoms. The Labute approximate surface area is 344 Å². The first-order valence-corrected chi connectivity index (χ1v) is 19.9. The van der Waals surface area contributed by atoms with Gasteiger partial charge in [0.25, 0.3) is 0 Å². The highest BCUT2D eigenvalue weighted by Crippen LogP contribution is 2.40. The molecule has 2 heterocycles. The summed E-state index contributed by atoms with van der Waals surface area (Å²) >= 11 is 0. The predicted octanol–water partition coefficient (Wildman–Crippen LogP) is 14.0. The van der Waals surface area contributed by atoms with E-state index in [0.29, 0.717) is 0 Å². The number of anilines is 3. The van der Waals surface area contributed by atoms with E-state index in [-0.39, 0.29) is 0 Å². The van der Waals surface area contributed by atoms with Gasteiger partial charge in [0, 0.05) is 28.2 Å². The Bertz CT molecular complexity index is 2970. The number of nitrogens with zero attached hydrogens (tertiary/aromatic N) is 5. The van der Waals surface area contributed by atoms with E-state index in [1.807, 2.05) is 62.4 Å². The van der Waals surface area contributed by atoms with Gasteiger partial charge in [-0.15, -0.1) is 0 Å². The molecule has 8 aromatic carbocycles. The second-order valence-corrected chi connectivity index (χ2v) is 14.8. The Kier molecular flexibility index (Phi) is 9.24. The van der Waals surface area contributed by atoms with Crippen LogP contribution in [0.1, 0.15) is 11.4 Å². The van der Waals surface area contributed by atoms with E-state index >= 15 is 0 Å². The van der Waals surface area contributed by atoms with Crippen molar-refractivity contribution < 1.29 is 0 Å². The largest absolute Gasteiger partial charge is 0.310 e. The van der Waals surface area contributed by atoms with Crippen LogP contribution in [0.3, 0.4) is 0 Å². The highest BCUT2D eigenvalue weighted by Gasteiger charge is 2.17. The van der Waals surface area contributed by atoms with Gasteiger partial charge < -0.3 is 4.90 Å². The molecule has 0 fully saturated rings. The molecule has 10 aromatic rings. The number of fused-ring (bicyclic) bond motifs is 2. The van der Waals surface area contributed by atoms with Crippen molar-refractivity contribution in [1.29, 1.82) is 0 Å². The smallest absolute Gasteiger partial charge is 0.0922 e. The lowest BCUT2D eigenvalue weighted by molar-refractivity contribution is 1.19. The molecular formula is C54H39N5. The number of benzene rings is 8. The first kappa shape index (κ1) is 35.6. The van der Waals surface area contributed by atoms with Crippen molar-refractivity contribution >= 4 is 39.1 Å². The van der Waals surface area contributed by atoms with Crippen molar-refractivity contribution in [2.75, 3.05) is 4.90 Å². The molecule has 0 atom stereocenters. The molecule has 0 aliphatic rings. The zero-order valence-electron chi connectivity index (χ0n) is 32.8. The van der Waals surface area contributed by atoms with Gasteiger partial charge in [0.1, 0.15) is 0 Å². The fourth-order valence-electron chi connectivity index (χ4n) is 7.95. The molecule has 2 aromatic heterocycles. The average molecular weight is 758 g/mol. The van der Waals surface area contributed by atoms with Crippen LogP contribution in [-0.4, -0.2) is 19.9 Å². The number of aryl methyl sites for hydroxylation is 2.